The molecule has 86 valence electrons. The number of carboxylic acid groups (broad SMARTS) is 1. The normalized spacial score (nSPS) is 18.4. The summed E-state index contributed by atoms with van der Waals surface area (Å²) in [5.41, 5.74) is 1.02. The van der Waals surface area contributed by atoms with Crippen LogP contribution in [-0.4, -0.2) is 24.8 Å². The van der Waals surface area contributed by atoms with Gasteiger partial charge in [-0.1, -0.05) is 12.1 Å². The van der Waals surface area contributed by atoms with Gasteiger partial charge >= 0.3 is 5.97 Å². The first-order chi connectivity index (χ1) is 7.70. The summed E-state index contributed by atoms with van der Waals surface area (Å²) < 4.78 is 10.8. The number of hydrogen-bond donors (Lipinski definition) is 1. The molecular formula is C12H14O4. The van der Waals surface area contributed by atoms with Crippen LogP contribution >= 0.6 is 0 Å². The Kier molecular flexibility index (Phi) is 2.99. The Bertz CT molecular complexity index is 400. The first-order valence-corrected chi connectivity index (χ1v) is 5.21. The summed E-state index contributed by atoms with van der Waals surface area (Å²) in [6.07, 6.45) is 0.884. The summed E-state index contributed by atoms with van der Waals surface area (Å²) in [6, 6.07) is 5.69. The molecule has 4 nitrogen and oxygen atoms in total. The van der Waals surface area contributed by atoms with Crippen molar-refractivity contribution >= 4 is 5.97 Å². The van der Waals surface area contributed by atoms with E-state index >= 15 is 0 Å². The monoisotopic (exact) mass is 222 g/mol. The Balaban J connectivity index is 2.18. The number of aliphatic carboxylic acids is 1. The first kappa shape index (κ1) is 10.8. The van der Waals surface area contributed by atoms with Crippen molar-refractivity contribution in [2.24, 2.45) is 5.92 Å². The Morgan fingerprint density at radius 1 is 1.62 bits per heavy atom. The second-order valence-corrected chi connectivity index (χ2v) is 3.93. The summed E-state index contributed by atoms with van der Waals surface area (Å²) in [5.74, 6) is 0.745. The number of rotatable bonds is 3. The van der Waals surface area contributed by atoms with E-state index in [2.05, 4.69) is 0 Å². The van der Waals surface area contributed by atoms with E-state index in [0.717, 1.165) is 17.7 Å². The zero-order valence-corrected chi connectivity index (χ0v) is 9.10. The lowest BCUT2D eigenvalue weighted by Gasteiger charge is -2.25. The number of para-hydroxylation sites is 1. The fourth-order valence-electron chi connectivity index (χ4n) is 2.00. The van der Waals surface area contributed by atoms with Gasteiger partial charge in [0.15, 0.2) is 11.5 Å². The van der Waals surface area contributed by atoms with Crippen molar-refractivity contribution in [2.75, 3.05) is 13.7 Å². The van der Waals surface area contributed by atoms with Crippen molar-refractivity contribution < 1.29 is 19.4 Å². The Hall–Kier alpha value is -1.71. The van der Waals surface area contributed by atoms with Crippen LogP contribution in [0.5, 0.6) is 11.5 Å². The molecule has 1 aliphatic rings. The van der Waals surface area contributed by atoms with E-state index in [9.17, 15) is 4.79 Å². The summed E-state index contributed by atoms with van der Waals surface area (Å²) >= 11 is 0. The molecule has 1 unspecified atom stereocenters. The van der Waals surface area contributed by atoms with Gasteiger partial charge in [0.1, 0.15) is 0 Å². The maximum atomic E-state index is 10.6. The predicted molar refractivity (Wildman–Crippen MR) is 57.9 cm³/mol. The van der Waals surface area contributed by atoms with Crippen LogP contribution in [0.1, 0.15) is 12.0 Å². The third-order valence-electron chi connectivity index (χ3n) is 2.72. The molecular weight excluding hydrogens is 208 g/mol. The van der Waals surface area contributed by atoms with E-state index in [4.69, 9.17) is 14.6 Å². The van der Waals surface area contributed by atoms with Crippen LogP contribution in [-0.2, 0) is 11.2 Å². The molecule has 1 heterocycles. The molecule has 0 radical (unpaired) electrons. The van der Waals surface area contributed by atoms with Gasteiger partial charge in [-0.25, -0.2) is 0 Å². The molecule has 1 aromatic rings. The maximum Gasteiger partial charge on any atom is 0.303 e. The van der Waals surface area contributed by atoms with Crippen molar-refractivity contribution in [1.29, 1.82) is 0 Å². The molecule has 0 saturated carbocycles. The number of hydrogen-bond acceptors (Lipinski definition) is 3. The fraction of sp³-hybridized carbons (Fsp3) is 0.417. The van der Waals surface area contributed by atoms with E-state index in [-0.39, 0.29) is 12.3 Å². The summed E-state index contributed by atoms with van der Waals surface area (Å²) in [6.45, 7) is 0.444. The van der Waals surface area contributed by atoms with Crippen molar-refractivity contribution in [3.8, 4) is 11.5 Å². The van der Waals surface area contributed by atoms with Crippen molar-refractivity contribution in [1.82, 2.24) is 0 Å². The minimum atomic E-state index is -0.778. The Morgan fingerprint density at radius 3 is 3.12 bits per heavy atom. The lowest BCUT2D eigenvalue weighted by atomic mass is 9.94. The van der Waals surface area contributed by atoms with Gasteiger partial charge in [0, 0.05) is 5.92 Å². The zero-order chi connectivity index (χ0) is 11.5. The molecule has 1 aliphatic heterocycles. The van der Waals surface area contributed by atoms with Gasteiger partial charge in [-0.05, 0) is 18.1 Å². The van der Waals surface area contributed by atoms with Crippen LogP contribution in [0.25, 0.3) is 0 Å². The predicted octanol–water partition coefficient (Wildman–Crippen LogP) is 1.72. The van der Waals surface area contributed by atoms with Gasteiger partial charge in [0.25, 0.3) is 0 Å². The second-order valence-electron chi connectivity index (χ2n) is 3.93. The third kappa shape index (κ3) is 2.10. The SMILES string of the molecule is COc1cccc2c1OCC(CC(=O)O)C2. The van der Waals surface area contributed by atoms with Crippen LogP contribution in [0, 0.1) is 5.92 Å². The molecule has 1 atom stereocenters. The minimum Gasteiger partial charge on any atom is -0.493 e. The van der Waals surface area contributed by atoms with Gasteiger partial charge in [-0.2, -0.15) is 0 Å². The molecule has 0 saturated heterocycles. The van der Waals surface area contributed by atoms with Gasteiger partial charge < -0.3 is 14.6 Å². The molecule has 16 heavy (non-hydrogen) atoms. The van der Waals surface area contributed by atoms with Crippen LogP contribution < -0.4 is 9.47 Å². The highest BCUT2D eigenvalue weighted by Crippen LogP contribution is 2.36. The first-order valence-electron chi connectivity index (χ1n) is 5.21. The molecule has 1 N–H and O–H groups in total. The summed E-state index contributed by atoms with van der Waals surface area (Å²) in [4.78, 5) is 10.6. The number of benzene rings is 1. The molecule has 0 aliphatic carbocycles. The van der Waals surface area contributed by atoms with E-state index in [1.165, 1.54) is 0 Å². The molecule has 0 fully saturated rings. The van der Waals surface area contributed by atoms with E-state index in [0.29, 0.717) is 12.4 Å². The standard InChI is InChI=1S/C12H14O4/c1-15-10-4-2-3-9-5-8(6-11(13)14)7-16-12(9)10/h2-4,8H,5-7H2,1H3,(H,13,14). The molecule has 2 rings (SSSR count). The molecule has 1 aromatic carbocycles. The summed E-state index contributed by atoms with van der Waals surface area (Å²) in [5, 5.41) is 8.73. The highest BCUT2D eigenvalue weighted by atomic mass is 16.5. The lowest BCUT2D eigenvalue weighted by Crippen LogP contribution is -2.23. The average molecular weight is 222 g/mol. The van der Waals surface area contributed by atoms with Gasteiger partial charge in [0.05, 0.1) is 20.1 Å². The van der Waals surface area contributed by atoms with Crippen LogP contribution in [0.3, 0.4) is 0 Å². The molecule has 4 heteroatoms. The zero-order valence-electron chi connectivity index (χ0n) is 9.10. The lowest BCUT2D eigenvalue weighted by molar-refractivity contribution is -0.138. The molecule has 0 spiro atoms. The van der Waals surface area contributed by atoms with Crippen LogP contribution in [0.4, 0.5) is 0 Å². The molecule has 0 aromatic heterocycles. The second kappa shape index (κ2) is 4.43. The number of methoxy groups -OCH3 is 1. The van der Waals surface area contributed by atoms with E-state index in [1.54, 1.807) is 7.11 Å². The van der Waals surface area contributed by atoms with E-state index in [1.807, 2.05) is 18.2 Å². The quantitative estimate of drug-likeness (QED) is 0.846. The third-order valence-corrected chi connectivity index (χ3v) is 2.72. The molecule has 0 amide bonds. The van der Waals surface area contributed by atoms with Gasteiger partial charge in [-0.3, -0.25) is 4.79 Å². The fourth-order valence-corrected chi connectivity index (χ4v) is 2.00. The Labute approximate surface area is 93.8 Å². The topological polar surface area (TPSA) is 55.8 Å². The average Bonchev–Trinajstić information content (AvgIpc) is 2.27. The highest BCUT2D eigenvalue weighted by Gasteiger charge is 2.24. The number of carboxylic acids is 1. The van der Waals surface area contributed by atoms with Gasteiger partial charge in [-0.15, -0.1) is 0 Å². The van der Waals surface area contributed by atoms with Crippen molar-refractivity contribution in [2.45, 2.75) is 12.8 Å². The number of ether oxygens (including phenoxy) is 2. The largest absolute Gasteiger partial charge is 0.493 e. The highest BCUT2D eigenvalue weighted by molar-refractivity contribution is 5.67. The minimum absolute atomic E-state index is 0.0529. The van der Waals surface area contributed by atoms with Crippen molar-refractivity contribution in [3.05, 3.63) is 23.8 Å². The smallest absolute Gasteiger partial charge is 0.303 e. The maximum absolute atomic E-state index is 10.6. The number of carbonyl (C=O) groups is 1. The van der Waals surface area contributed by atoms with E-state index < -0.39 is 5.97 Å². The number of fused-ring (bicyclic) bond motifs is 1. The Morgan fingerprint density at radius 2 is 2.44 bits per heavy atom. The van der Waals surface area contributed by atoms with Crippen molar-refractivity contribution in [3.63, 3.8) is 0 Å². The van der Waals surface area contributed by atoms with Crippen LogP contribution in [0.15, 0.2) is 18.2 Å². The summed E-state index contributed by atoms with van der Waals surface area (Å²) in [7, 11) is 1.60. The molecule has 0 bridgehead atoms. The van der Waals surface area contributed by atoms with Gasteiger partial charge in [0.2, 0.25) is 0 Å². The van der Waals surface area contributed by atoms with Crippen LogP contribution in [0.2, 0.25) is 0 Å².